The van der Waals surface area contributed by atoms with E-state index in [9.17, 15) is 0 Å². The quantitative estimate of drug-likeness (QED) is 0.582. The first kappa shape index (κ1) is 16.5. The number of nitrogens with two attached hydrogens (primary N) is 1. The molecule has 8 heteroatoms. The molecule has 0 bridgehead atoms. The van der Waals surface area contributed by atoms with Gasteiger partial charge in [-0.15, -0.1) is 0 Å². The van der Waals surface area contributed by atoms with Crippen molar-refractivity contribution in [2.24, 2.45) is 0 Å². The van der Waals surface area contributed by atoms with Gasteiger partial charge in [-0.05, 0) is 30.0 Å². The van der Waals surface area contributed by atoms with E-state index in [1.165, 1.54) is 5.56 Å². The van der Waals surface area contributed by atoms with Crippen molar-refractivity contribution < 1.29 is 4.52 Å². The Hall–Kier alpha value is -3.68. The highest BCUT2D eigenvalue weighted by Crippen LogP contribution is 2.48. The summed E-state index contributed by atoms with van der Waals surface area (Å²) in [5, 5.41) is 11.9. The number of hydrogen-bond acceptors (Lipinski definition) is 8. The third-order valence-electron chi connectivity index (χ3n) is 5.33. The van der Waals surface area contributed by atoms with Crippen LogP contribution in [0.2, 0.25) is 0 Å². The molecule has 0 amide bonds. The largest absolute Gasteiger partial charge is 0.368 e. The highest BCUT2D eigenvalue weighted by molar-refractivity contribution is 5.63. The number of aromatic nitrogens is 6. The molecular formula is C20H17N7O. The molecule has 0 aliphatic heterocycles. The Labute approximate surface area is 160 Å². The van der Waals surface area contributed by atoms with Gasteiger partial charge in [0.1, 0.15) is 0 Å². The highest BCUT2D eigenvalue weighted by atomic mass is 16.5. The highest BCUT2D eigenvalue weighted by Gasteiger charge is 2.44. The molecule has 0 spiro atoms. The molecule has 4 aromatic rings. The summed E-state index contributed by atoms with van der Waals surface area (Å²) in [5.74, 6) is 1.45. The molecule has 28 heavy (non-hydrogen) atoms. The molecule has 1 aromatic carbocycles. The van der Waals surface area contributed by atoms with E-state index < -0.39 is 0 Å². The second-order valence-corrected chi connectivity index (χ2v) is 6.90. The van der Waals surface area contributed by atoms with E-state index in [2.05, 4.69) is 54.6 Å². The van der Waals surface area contributed by atoms with Crippen molar-refractivity contribution in [2.75, 3.05) is 5.73 Å². The Morgan fingerprint density at radius 2 is 1.64 bits per heavy atom. The van der Waals surface area contributed by atoms with E-state index >= 15 is 0 Å². The molecule has 0 unspecified atom stereocenters. The fraction of sp³-hybridized carbons (Fsp3) is 0.200. The second-order valence-electron chi connectivity index (χ2n) is 6.90. The number of anilines is 1. The molecule has 1 fully saturated rings. The minimum atomic E-state index is -0.210. The SMILES string of the molecule is Nc1ncc(-c2ccc(C3(c4noc(-c5ccnnc5)n4)CCC3)cc2)cn1. The van der Waals surface area contributed by atoms with Crippen LogP contribution >= 0.6 is 0 Å². The maximum absolute atomic E-state index is 5.57. The third-order valence-corrected chi connectivity index (χ3v) is 5.33. The zero-order valence-corrected chi connectivity index (χ0v) is 15.0. The van der Waals surface area contributed by atoms with Crippen molar-refractivity contribution in [3.05, 3.63) is 66.5 Å². The summed E-state index contributed by atoms with van der Waals surface area (Å²) >= 11 is 0. The Morgan fingerprint density at radius 3 is 2.29 bits per heavy atom. The summed E-state index contributed by atoms with van der Waals surface area (Å²) < 4.78 is 5.50. The van der Waals surface area contributed by atoms with Crippen LogP contribution < -0.4 is 5.73 Å². The lowest BCUT2D eigenvalue weighted by molar-refractivity contribution is 0.273. The van der Waals surface area contributed by atoms with E-state index in [1.54, 1.807) is 30.9 Å². The lowest BCUT2D eigenvalue weighted by Crippen LogP contribution is -2.36. The van der Waals surface area contributed by atoms with Gasteiger partial charge in [0.15, 0.2) is 5.82 Å². The third kappa shape index (κ3) is 2.70. The predicted octanol–water partition coefficient (Wildman–Crippen LogP) is 3.04. The molecule has 3 heterocycles. The van der Waals surface area contributed by atoms with Gasteiger partial charge >= 0.3 is 0 Å². The molecule has 0 atom stereocenters. The van der Waals surface area contributed by atoms with Gasteiger partial charge in [0, 0.05) is 18.0 Å². The zero-order chi connectivity index (χ0) is 19.0. The molecule has 2 N–H and O–H groups in total. The molecule has 0 radical (unpaired) electrons. The van der Waals surface area contributed by atoms with E-state index in [0.717, 1.165) is 36.0 Å². The van der Waals surface area contributed by atoms with Crippen LogP contribution in [0, 0.1) is 0 Å². The van der Waals surface area contributed by atoms with Crippen molar-refractivity contribution in [2.45, 2.75) is 24.7 Å². The Morgan fingerprint density at radius 1 is 0.857 bits per heavy atom. The fourth-order valence-corrected chi connectivity index (χ4v) is 3.59. The van der Waals surface area contributed by atoms with Crippen molar-refractivity contribution in [1.29, 1.82) is 0 Å². The summed E-state index contributed by atoms with van der Waals surface area (Å²) in [7, 11) is 0. The molecule has 5 rings (SSSR count). The van der Waals surface area contributed by atoms with Crippen LogP contribution in [-0.2, 0) is 5.41 Å². The van der Waals surface area contributed by atoms with Gasteiger partial charge in [-0.1, -0.05) is 35.8 Å². The van der Waals surface area contributed by atoms with Crippen LogP contribution in [0.15, 0.2) is 59.6 Å². The maximum Gasteiger partial charge on any atom is 0.259 e. The van der Waals surface area contributed by atoms with Crippen molar-refractivity contribution in [1.82, 2.24) is 30.3 Å². The van der Waals surface area contributed by atoms with Crippen molar-refractivity contribution in [3.63, 3.8) is 0 Å². The van der Waals surface area contributed by atoms with Crippen LogP contribution in [0.5, 0.6) is 0 Å². The molecule has 1 saturated carbocycles. The lowest BCUT2D eigenvalue weighted by atomic mass is 9.64. The van der Waals surface area contributed by atoms with Crippen LogP contribution in [-0.4, -0.2) is 30.3 Å². The Bertz CT molecular complexity index is 1090. The summed E-state index contributed by atoms with van der Waals surface area (Å²) in [4.78, 5) is 12.8. The van der Waals surface area contributed by atoms with Gasteiger partial charge in [-0.3, -0.25) is 0 Å². The van der Waals surface area contributed by atoms with Crippen LogP contribution in [0.4, 0.5) is 5.95 Å². The molecule has 3 aromatic heterocycles. The normalized spacial score (nSPS) is 15.1. The maximum atomic E-state index is 5.57. The Balaban J connectivity index is 1.47. The van der Waals surface area contributed by atoms with E-state index in [0.29, 0.717) is 11.7 Å². The van der Waals surface area contributed by atoms with Crippen LogP contribution in [0.25, 0.3) is 22.6 Å². The first-order valence-electron chi connectivity index (χ1n) is 9.04. The van der Waals surface area contributed by atoms with Crippen molar-refractivity contribution >= 4 is 5.95 Å². The molecule has 138 valence electrons. The van der Waals surface area contributed by atoms with Gasteiger partial charge in [-0.25, -0.2) is 9.97 Å². The first-order chi connectivity index (χ1) is 13.7. The average molecular weight is 371 g/mol. The van der Waals surface area contributed by atoms with E-state index in [4.69, 9.17) is 10.3 Å². The number of nitrogen functional groups attached to an aromatic ring is 1. The lowest BCUT2D eigenvalue weighted by Gasteiger charge is -2.39. The monoisotopic (exact) mass is 371 g/mol. The molecule has 1 aliphatic rings. The predicted molar refractivity (Wildman–Crippen MR) is 102 cm³/mol. The molecule has 0 saturated heterocycles. The van der Waals surface area contributed by atoms with Gasteiger partial charge in [0.05, 0.1) is 23.4 Å². The number of rotatable bonds is 4. The Kier molecular flexibility index (Phi) is 3.82. The van der Waals surface area contributed by atoms with Gasteiger partial charge < -0.3 is 10.3 Å². The van der Waals surface area contributed by atoms with E-state index in [1.807, 2.05) is 0 Å². The minimum Gasteiger partial charge on any atom is -0.368 e. The standard InChI is InChI=1S/C20H17N7O/c21-19-22-10-15(11-23-19)13-2-4-16(5-3-13)20(7-1-8-20)18-26-17(28-27-18)14-6-9-24-25-12-14/h2-6,9-12H,1,7-8H2,(H2,21,22,23). The van der Waals surface area contributed by atoms with Gasteiger partial charge in [0.25, 0.3) is 5.89 Å². The molecule has 1 aliphatic carbocycles. The smallest absolute Gasteiger partial charge is 0.259 e. The van der Waals surface area contributed by atoms with Crippen LogP contribution in [0.1, 0.15) is 30.7 Å². The van der Waals surface area contributed by atoms with Crippen molar-refractivity contribution in [3.8, 4) is 22.6 Å². The summed E-state index contributed by atoms with van der Waals surface area (Å²) in [6, 6.07) is 10.2. The second kappa shape index (κ2) is 6.49. The fourth-order valence-electron chi connectivity index (χ4n) is 3.59. The van der Waals surface area contributed by atoms with Gasteiger partial charge in [-0.2, -0.15) is 15.2 Å². The summed E-state index contributed by atoms with van der Waals surface area (Å²) in [5.41, 5.74) is 9.27. The van der Waals surface area contributed by atoms with Gasteiger partial charge in [0.2, 0.25) is 5.95 Å². The minimum absolute atomic E-state index is 0.210. The summed E-state index contributed by atoms with van der Waals surface area (Å²) in [6.07, 6.45) is 9.80. The zero-order valence-electron chi connectivity index (χ0n) is 15.0. The molecule has 8 nitrogen and oxygen atoms in total. The average Bonchev–Trinajstić information content (AvgIpc) is 3.19. The van der Waals surface area contributed by atoms with E-state index in [-0.39, 0.29) is 11.4 Å². The topological polar surface area (TPSA) is 116 Å². The molecular weight excluding hydrogens is 354 g/mol. The summed E-state index contributed by atoms with van der Waals surface area (Å²) in [6.45, 7) is 0. The number of nitrogens with zero attached hydrogens (tertiary/aromatic N) is 6. The number of hydrogen-bond donors (Lipinski definition) is 1. The first-order valence-corrected chi connectivity index (χ1v) is 9.04. The number of benzene rings is 1. The van der Waals surface area contributed by atoms with Crippen LogP contribution in [0.3, 0.4) is 0 Å².